The van der Waals surface area contributed by atoms with Gasteiger partial charge in [0.05, 0.1) is 23.2 Å². The molecule has 1 fully saturated rings. The van der Waals surface area contributed by atoms with Gasteiger partial charge >= 0.3 is 0 Å². The third-order valence-corrected chi connectivity index (χ3v) is 6.20. The number of rotatable bonds is 4. The van der Waals surface area contributed by atoms with Crippen LogP contribution in [-0.4, -0.2) is 45.6 Å². The molecule has 8 nitrogen and oxygen atoms in total. The largest absolute Gasteiger partial charge is 0.366 e. The molecule has 0 unspecified atom stereocenters. The normalized spacial score (nSPS) is 18.8. The summed E-state index contributed by atoms with van der Waals surface area (Å²) in [6.45, 7) is 0. The first kappa shape index (κ1) is 16.5. The molecule has 3 heterocycles. The second-order valence-corrected chi connectivity index (χ2v) is 8.51. The molecule has 1 aliphatic rings. The number of aromatic amines is 1. The maximum atomic E-state index is 11.9. The Kier molecular flexibility index (Phi) is 3.87. The van der Waals surface area contributed by atoms with Crippen molar-refractivity contribution in [2.45, 2.75) is 12.5 Å². The predicted molar refractivity (Wildman–Crippen MR) is 96.1 cm³/mol. The Morgan fingerprint density at radius 3 is 2.58 bits per heavy atom. The fourth-order valence-corrected chi connectivity index (χ4v) is 4.80. The molecule has 0 radical (unpaired) electrons. The van der Waals surface area contributed by atoms with Gasteiger partial charge in [-0.3, -0.25) is 4.79 Å². The van der Waals surface area contributed by atoms with Crippen LogP contribution in [-0.2, 0) is 9.84 Å². The molecule has 4 rings (SSSR count). The lowest BCUT2D eigenvalue weighted by Gasteiger charge is -2.10. The molecule has 0 aliphatic carbocycles. The van der Waals surface area contributed by atoms with Crippen LogP contribution in [0.3, 0.4) is 0 Å². The first-order chi connectivity index (χ1) is 12.4. The fourth-order valence-electron chi connectivity index (χ4n) is 3.11. The van der Waals surface area contributed by atoms with E-state index in [9.17, 15) is 13.2 Å². The molecular weight excluding hydrogens is 354 g/mol. The third-order valence-electron chi connectivity index (χ3n) is 4.45. The van der Waals surface area contributed by atoms with E-state index >= 15 is 0 Å². The van der Waals surface area contributed by atoms with Gasteiger partial charge < -0.3 is 10.7 Å². The van der Waals surface area contributed by atoms with Crippen molar-refractivity contribution in [2.24, 2.45) is 5.73 Å². The molecule has 26 heavy (non-hydrogen) atoms. The van der Waals surface area contributed by atoms with Gasteiger partial charge in [0, 0.05) is 17.3 Å². The number of hydrogen-bond donors (Lipinski definition) is 2. The molecule has 1 amide bonds. The van der Waals surface area contributed by atoms with Crippen LogP contribution in [0.1, 0.15) is 22.8 Å². The summed E-state index contributed by atoms with van der Waals surface area (Å²) in [4.78, 5) is 18.9. The number of hydrogen-bond acceptors (Lipinski definition) is 5. The second kappa shape index (κ2) is 6.10. The summed E-state index contributed by atoms with van der Waals surface area (Å²) < 4.78 is 25.4. The number of carbonyl (C=O) groups is 1. The molecule has 2 aromatic heterocycles. The van der Waals surface area contributed by atoms with Crippen LogP contribution in [0.25, 0.3) is 22.9 Å². The van der Waals surface area contributed by atoms with E-state index in [0.717, 1.165) is 11.3 Å². The molecule has 1 saturated heterocycles. The molecule has 0 spiro atoms. The molecule has 1 aromatic carbocycles. The maximum Gasteiger partial charge on any atom is 0.248 e. The Bertz CT molecular complexity index is 1050. The maximum absolute atomic E-state index is 11.9. The summed E-state index contributed by atoms with van der Waals surface area (Å²) in [5.74, 6) is 0.772. The van der Waals surface area contributed by atoms with Gasteiger partial charge in [-0.25, -0.2) is 18.1 Å². The minimum atomic E-state index is -3.05. The van der Waals surface area contributed by atoms with Crippen molar-refractivity contribution in [3.05, 3.63) is 48.2 Å². The van der Waals surface area contributed by atoms with E-state index in [4.69, 9.17) is 5.73 Å². The summed E-state index contributed by atoms with van der Waals surface area (Å²) >= 11 is 0. The van der Waals surface area contributed by atoms with Crippen LogP contribution in [0.2, 0.25) is 0 Å². The van der Waals surface area contributed by atoms with Gasteiger partial charge in [-0.2, -0.15) is 5.10 Å². The molecule has 1 atom stereocenters. The highest BCUT2D eigenvalue weighted by molar-refractivity contribution is 7.91. The van der Waals surface area contributed by atoms with Crippen LogP contribution < -0.4 is 5.73 Å². The standard InChI is InChI=1S/C17H17N5O3S/c18-15(23)11-3-5-12(6-4-11)16-20-17(14-2-1-8-19-14)22(21-16)13-7-9-26(24,25)10-13/h1-6,8,13,19H,7,9-10H2,(H2,18,23)/t13-/m0/s1. The number of aromatic nitrogens is 4. The smallest absolute Gasteiger partial charge is 0.248 e. The van der Waals surface area contributed by atoms with E-state index in [1.54, 1.807) is 35.1 Å². The number of primary amides is 1. The number of nitrogens with one attached hydrogen (secondary N) is 1. The predicted octanol–water partition coefficient (Wildman–Crippen LogP) is 1.40. The van der Waals surface area contributed by atoms with Crippen molar-refractivity contribution in [3.63, 3.8) is 0 Å². The van der Waals surface area contributed by atoms with E-state index in [0.29, 0.717) is 23.6 Å². The van der Waals surface area contributed by atoms with Crippen LogP contribution in [0.5, 0.6) is 0 Å². The number of benzene rings is 1. The number of amides is 1. The lowest BCUT2D eigenvalue weighted by atomic mass is 10.1. The van der Waals surface area contributed by atoms with Gasteiger partial charge in [0.25, 0.3) is 0 Å². The van der Waals surface area contributed by atoms with Gasteiger partial charge in [-0.15, -0.1) is 0 Å². The molecule has 1 aliphatic heterocycles. The van der Waals surface area contributed by atoms with Gasteiger partial charge in [0.2, 0.25) is 5.91 Å². The van der Waals surface area contributed by atoms with Crippen molar-refractivity contribution in [1.29, 1.82) is 0 Å². The van der Waals surface area contributed by atoms with E-state index in [1.165, 1.54) is 0 Å². The average Bonchev–Trinajstić information content (AvgIpc) is 3.33. The van der Waals surface area contributed by atoms with Gasteiger partial charge in [0.1, 0.15) is 0 Å². The zero-order valence-corrected chi connectivity index (χ0v) is 14.6. The van der Waals surface area contributed by atoms with E-state index in [-0.39, 0.29) is 17.5 Å². The molecule has 0 saturated carbocycles. The third kappa shape index (κ3) is 3.01. The lowest BCUT2D eigenvalue weighted by molar-refractivity contribution is 0.100. The first-order valence-corrected chi connectivity index (χ1v) is 9.96. The van der Waals surface area contributed by atoms with Crippen LogP contribution >= 0.6 is 0 Å². The topological polar surface area (TPSA) is 124 Å². The van der Waals surface area contributed by atoms with Crippen molar-refractivity contribution in [3.8, 4) is 22.9 Å². The summed E-state index contributed by atoms with van der Waals surface area (Å²) in [5, 5.41) is 4.56. The zero-order valence-electron chi connectivity index (χ0n) is 13.8. The highest BCUT2D eigenvalue weighted by Gasteiger charge is 2.32. The fraction of sp³-hybridized carbons (Fsp3) is 0.235. The van der Waals surface area contributed by atoms with Crippen LogP contribution in [0.4, 0.5) is 0 Å². The Hall–Kier alpha value is -2.94. The highest BCUT2D eigenvalue weighted by Crippen LogP contribution is 2.30. The SMILES string of the molecule is NC(=O)c1ccc(-c2nc(-c3ccc[nH]3)n([C@H]3CCS(=O)(=O)C3)n2)cc1. The molecule has 9 heteroatoms. The van der Waals surface area contributed by atoms with Crippen molar-refractivity contribution in [1.82, 2.24) is 19.7 Å². The van der Waals surface area contributed by atoms with E-state index < -0.39 is 15.7 Å². The molecule has 134 valence electrons. The molecule has 3 aromatic rings. The van der Waals surface area contributed by atoms with E-state index in [2.05, 4.69) is 15.1 Å². The number of nitrogens with zero attached hydrogens (tertiary/aromatic N) is 3. The summed E-state index contributed by atoms with van der Waals surface area (Å²) in [5.41, 5.74) is 7.16. The monoisotopic (exact) mass is 371 g/mol. The minimum Gasteiger partial charge on any atom is -0.366 e. The number of carbonyl (C=O) groups excluding carboxylic acids is 1. The minimum absolute atomic E-state index is 0.0596. The van der Waals surface area contributed by atoms with E-state index in [1.807, 2.05) is 12.1 Å². The van der Waals surface area contributed by atoms with Crippen LogP contribution in [0, 0.1) is 0 Å². The Morgan fingerprint density at radius 1 is 1.23 bits per heavy atom. The van der Waals surface area contributed by atoms with Crippen molar-refractivity contribution < 1.29 is 13.2 Å². The van der Waals surface area contributed by atoms with Crippen molar-refractivity contribution in [2.75, 3.05) is 11.5 Å². The number of H-pyrrole nitrogens is 1. The molecule has 3 N–H and O–H groups in total. The zero-order chi connectivity index (χ0) is 18.3. The highest BCUT2D eigenvalue weighted by atomic mass is 32.2. The number of nitrogens with two attached hydrogens (primary N) is 1. The van der Waals surface area contributed by atoms with Crippen LogP contribution in [0.15, 0.2) is 42.6 Å². The Labute approximate surface area is 150 Å². The Balaban J connectivity index is 1.77. The van der Waals surface area contributed by atoms with Gasteiger partial charge in [-0.05, 0) is 30.7 Å². The molecule has 0 bridgehead atoms. The lowest BCUT2D eigenvalue weighted by Crippen LogP contribution is -2.14. The average molecular weight is 371 g/mol. The summed E-state index contributed by atoms with van der Waals surface area (Å²) in [6, 6.07) is 10.2. The molecular formula is C17H17N5O3S. The van der Waals surface area contributed by atoms with Gasteiger partial charge in [0.15, 0.2) is 21.5 Å². The summed E-state index contributed by atoms with van der Waals surface area (Å²) in [7, 11) is -3.05. The second-order valence-electron chi connectivity index (χ2n) is 6.29. The first-order valence-electron chi connectivity index (χ1n) is 8.14. The Morgan fingerprint density at radius 2 is 2.00 bits per heavy atom. The van der Waals surface area contributed by atoms with Crippen molar-refractivity contribution >= 4 is 15.7 Å². The number of sulfone groups is 1. The van der Waals surface area contributed by atoms with Gasteiger partial charge in [-0.1, -0.05) is 12.1 Å². The quantitative estimate of drug-likeness (QED) is 0.717. The summed E-state index contributed by atoms with van der Waals surface area (Å²) in [6.07, 6.45) is 2.29.